The van der Waals surface area contributed by atoms with E-state index in [4.69, 9.17) is 0 Å². The Bertz CT molecular complexity index is 833. The molecular weight excluding hydrogens is 337 g/mol. The number of aromatic nitrogens is 2. The molecule has 0 atom stereocenters. The van der Waals surface area contributed by atoms with Gasteiger partial charge in [-0.05, 0) is 48.9 Å². The van der Waals surface area contributed by atoms with Crippen LogP contribution >= 0.6 is 11.8 Å². The number of hydrogen-bond acceptors (Lipinski definition) is 3. The van der Waals surface area contributed by atoms with Crippen LogP contribution in [-0.2, 0) is 4.79 Å². The van der Waals surface area contributed by atoms with Crippen molar-refractivity contribution in [2.24, 2.45) is 0 Å². The molecule has 0 aliphatic carbocycles. The summed E-state index contributed by atoms with van der Waals surface area (Å²) in [6.07, 6.45) is 1.69. The summed E-state index contributed by atoms with van der Waals surface area (Å²) in [7, 11) is 0. The zero-order valence-corrected chi connectivity index (χ0v) is 14.6. The molecule has 0 aliphatic heterocycles. The number of amides is 1. The molecule has 0 saturated carbocycles. The predicted octanol–water partition coefficient (Wildman–Crippen LogP) is 4.36. The van der Waals surface area contributed by atoms with Gasteiger partial charge < -0.3 is 9.88 Å². The van der Waals surface area contributed by atoms with Crippen LogP contribution in [0.25, 0.3) is 11.3 Å². The van der Waals surface area contributed by atoms with Crippen LogP contribution in [0.15, 0.2) is 66.0 Å². The van der Waals surface area contributed by atoms with Crippen LogP contribution in [0, 0.1) is 5.82 Å². The summed E-state index contributed by atoms with van der Waals surface area (Å²) in [6.45, 7) is 2.57. The second kappa shape index (κ2) is 7.98. The molecule has 1 heterocycles. The van der Waals surface area contributed by atoms with Crippen molar-refractivity contribution in [2.75, 3.05) is 17.2 Å². The Morgan fingerprint density at radius 2 is 1.88 bits per heavy atom. The third kappa shape index (κ3) is 4.28. The highest BCUT2D eigenvalue weighted by Gasteiger charge is 2.15. The molecular formula is C19H18FN3OS. The van der Waals surface area contributed by atoms with E-state index >= 15 is 0 Å². The van der Waals surface area contributed by atoms with Gasteiger partial charge in [0.1, 0.15) is 5.82 Å². The van der Waals surface area contributed by atoms with Gasteiger partial charge in [-0.15, -0.1) is 0 Å². The van der Waals surface area contributed by atoms with E-state index in [1.54, 1.807) is 23.2 Å². The SMILES string of the molecule is CCN(C(=O)CSc1ncc(-c2ccc(F)cc2)[nH]1)c1ccccc1. The molecule has 0 unspecified atom stereocenters. The summed E-state index contributed by atoms with van der Waals surface area (Å²) in [4.78, 5) is 21.7. The summed E-state index contributed by atoms with van der Waals surface area (Å²) in [5, 5.41) is 0.664. The van der Waals surface area contributed by atoms with Crippen LogP contribution in [0.4, 0.5) is 10.1 Å². The van der Waals surface area contributed by atoms with Crippen molar-refractivity contribution in [3.05, 3.63) is 66.6 Å². The molecule has 25 heavy (non-hydrogen) atoms. The van der Waals surface area contributed by atoms with Crippen LogP contribution in [-0.4, -0.2) is 28.2 Å². The van der Waals surface area contributed by atoms with Crippen molar-refractivity contribution < 1.29 is 9.18 Å². The van der Waals surface area contributed by atoms with Crippen molar-refractivity contribution in [3.63, 3.8) is 0 Å². The van der Waals surface area contributed by atoms with Gasteiger partial charge in [-0.25, -0.2) is 9.37 Å². The Labute approximate surface area is 150 Å². The molecule has 0 saturated heterocycles. The number of nitrogens with one attached hydrogen (secondary N) is 1. The van der Waals surface area contributed by atoms with E-state index in [9.17, 15) is 9.18 Å². The number of benzene rings is 2. The average molecular weight is 355 g/mol. The van der Waals surface area contributed by atoms with E-state index in [1.807, 2.05) is 37.3 Å². The highest BCUT2D eigenvalue weighted by Crippen LogP contribution is 2.23. The lowest BCUT2D eigenvalue weighted by molar-refractivity contribution is -0.116. The van der Waals surface area contributed by atoms with Gasteiger partial charge in [-0.3, -0.25) is 4.79 Å². The zero-order valence-electron chi connectivity index (χ0n) is 13.8. The first-order valence-corrected chi connectivity index (χ1v) is 8.95. The minimum atomic E-state index is -0.274. The number of rotatable bonds is 6. The molecule has 0 bridgehead atoms. The number of para-hydroxylation sites is 1. The third-order valence-corrected chi connectivity index (χ3v) is 4.60. The van der Waals surface area contributed by atoms with Gasteiger partial charge in [0.25, 0.3) is 0 Å². The fourth-order valence-corrected chi connectivity index (χ4v) is 3.20. The Hall–Kier alpha value is -2.60. The van der Waals surface area contributed by atoms with Crippen LogP contribution in [0.2, 0.25) is 0 Å². The molecule has 6 heteroatoms. The standard InChI is InChI=1S/C19H18FN3OS/c1-2-23(16-6-4-3-5-7-16)18(24)13-25-19-21-12-17(22-19)14-8-10-15(20)11-9-14/h3-12H,2,13H2,1H3,(H,21,22). The lowest BCUT2D eigenvalue weighted by atomic mass is 10.2. The second-order valence-electron chi connectivity index (χ2n) is 5.37. The van der Waals surface area contributed by atoms with Gasteiger partial charge >= 0.3 is 0 Å². The molecule has 2 aromatic carbocycles. The van der Waals surface area contributed by atoms with Crippen LogP contribution in [0.5, 0.6) is 0 Å². The van der Waals surface area contributed by atoms with E-state index in [0.29, 0.717) is 17.5 Å². The minimum Gasteiger partial charge on any atom is -0.333 e. The molecule has 128 valence electrons. The lowest BCUT2D eigenvalue weighted by Crippen LogP contribution is -2.32. The fraction of sp³-hybridized carbons (Fsp3) is 0.158. The Morgan fingerprint density at radius 1 is 1.16 bits per heavy atom. The first kappa shape index (κ1) is 17.2. The van der Waals surface area contributed by atoms with E-state index in [-0.39, 0.29) is 11.7 Å². The predicted molar refractivity (Wildman–Crippen MR) is 99.2 cm³/mol. The van der Waals surface area contributed by atoms with Crippen molar-refractivity contribution in [3.8, 4) is 11.3 Å². The van der Waals surface area contributed by atoms with Gasteiger partial charge in [-0.1, -0.05) is 30.0 Å². The minimum absolute atomic E-state index is 0.0263. The maximum atomic E-state index is 13.0. The largest absolute Gasteiger partial charge is 0.333 e. The second-order valence-corrected chi connectivity index (χ2v) is 6.34. The topological polar surface area (TPSA) is 49.0 Å². The number of imidazole rings is 1. The number of carbonyl (C=O) groups excluding carboxylic acids is 1. The van der Waals surface area contributed by atoms with Crippen molar-refractivity contribution in [1.82, 2.24) is 9.97 Å². The van der Waals surface area contributed by atoms with E-state index in [1.165, 1.54) is 23.9 Å². The highest BCUT2D eigenvalue weighted by atomic mass is 32.2. The number of aromatic amines is 1. The summed E-state index contributed by atoms with van der Waals surface area (Å²) >= 11 is 1.35. The quantitative estimate of drug-likeness (QED) is 0.668. The molecule has 1 aromatic heterocycles. The third-order valence-electron chi connectivity index (χ3n) is 3.73. The summed E-state index contributed by atoms with van der Waals surface area (Å²) in [5.74, 6) is 0.0431. The van der Waals surface area contributed by atoms with Gasteiger partial charge in [0.15, 0.2) is 5.16 Å². The zero-order chi connectivity index (χ0) is 17.6. The first-order chi connectivity index (χ1) is 12.2. The number of carbonyl (C=O) groups is 1. The Morgan fingerprint density at radius 3 is 2.56 bits per heavy atom. The smallest absolute Gasteiger partial charge is 0.237 e. The Balaban J connectivity index is 1.63. The first-order valence-electron chi connectivity index (χ1n) is 7.96. The number of nitrogens with zero attached hydrogens (tertiary/aromatic N) is 2. The monoisotopic (exact) mass is 355 g/mol. The maximum absolute atomic E-state index is 13.0. The van der Waals surface area contributed by atoms with Crippen molar-refractivity contribution in [1.29, 1.82) is 0 Å². The summed E-state index contributed by atoms with van der Waals surface area (Å²) in [6, 6.07) is 15.8. The molecule has 3 aromatic rings. The lowest BCUT2D eigenvalue weighted by Gasteiger charge is -2.20. The van der Waals surface area contributed by atoms with E-state index in [0.717, 1.165) is 16.9 Å². The molecule has 1 N–H and O–H groups in total. The maximum Gasteiger partial charge on any atom is 0.237 e. The Kier molecular flexibility index (Phi) is 5.50. The fourth-order valence-electron chi connectivity index (χ4n) is 2.47. The average Bonchev–Trinajstić information content (AvgIpc) is 3.11. The number of halogens is 1. The highest BCUT2D eigenvalue weighted by molar-refractivity contribution is 7.99. The van der Waals surface area contributed by atoms with Crippen LogP contribution in [0.3, 0.4) is 0 Å². The van der Waals surface area contributed by atoms with Crippen molar-refractivity contribution >= 4 is 23.4 Å². The molecule has 0 aliphatic rings. The summed E-state index contributed by atoms with van der Waals surface area (Å²) in [5.41, 5.74) is 2.54. The molecule has 0 fully saturated rings. The van der Waals surface area contributed by atoms with Gasteiger partial charge in [0, 0.05) is 12.2 Å². The normalized spacial score (nSPS) is 10.6. The van der Waals surface area contributed by atoms with Gasteiger partial charge in [0.2, 0.25) is 5.91 Å². The molecule has 3 rings (SSSR count). The number of hydrogen-bond donors (Lipinski definition) is 1. The number of anilines is 1. The molecule has 1 amide bonds. The number of H-pyrrole nitrogens is 1. The van der Waals surface area contributed by atoms with Crippen LogP contribution in [0.1, 0.15) is 6.92 Å². The summed E-state index contributed by atoms with van der Waals surface area (Å²) < 4.78 is 13.0. The molecule has 0 spiro atoms. The van der Waals surface area contributed by atoms with E-state index in [2.05, 4.69) is 9.97 Å². The molecule has 0 radical (unpaired) electrons. The molecule has 4 nitrogen and oxygen atoms in total. The van der Waals surface area contributed by atoms with Crippen LogP contribution < -0.4 is 4.90 Å². The van der Waals surface area contributed by atoms with Crippen molar-refractivity contribution in [2.45, 2.75) is 12.1 Å². The van der Waals surface area contributed by atoms with Gasteiger partial charge in [0.05, 0.1) is 17.6 Å². The van der Waals surface area contributed by atoms with E-state index < -0.39 is 0 Å². The number of thioether (sulfide) groups is 1. The van der Waals surface area contributed by atoms with Gasteiger partial charge in [-0.2, -0.15) is 0 Å².